The van der Waals surface area contributed by atoms with Gasteiger partial charge in [0, 0.05) is 47.3 Å². The van der Waals surface area contributed by atoms with Crippen molar-refractivity contribution in [3.05, 3.63) is 164 Å². The molecule has 0 aliphatic heterocycles. The highest BCUT2D eigenvalue weighted by atomic mass is 32.1. The Hall–Kier alpha value is -6.63. The summed E-state index contributed by atoms with van der Waals surface area (Å²) in [6.07, 6.45) is 0. The van der Waals surface area contributed by atoms with Gasteiger partial charge >= 0.3 is 0 Å². The minimum absolute atomic E-state index is 0.576. The van der Waals surface area contributed by atoms with Gasteiger partial charge in [-0.05, 0) is 53.6 Å². The molecular formula is C45H27N5S. The third kappa shape index (κ3) is 4.30. The van der Waals surface area contributed by atoms with Crippen molar-refractivity contribution in [2.45, 2.75) is 0 Å². The zero-order chi connectivity index (χ0) is 33.5. The van der Waals surface area contributed by atoms with E-state index in [0.29, 0.717) is 17.7 Å². The fourth-order valence-corrected chi connectivity index (χ4v) is 8.83. The Morgan fingerprint density at radius 3 is 1.51 bits per heavy atom. The van der Waals surface area contributed by atoms with Gasteiger partial charge in [0.25, 0.3) is 0 Å². The molecule has 0 spiro atoms. The van der Waals surface area contributed by atoms with Gasteiger partial charge in [-0.25, -0.2) is 0 Å². The number of rotatable bonds is 4. The number of nitrogens with zero attached hydrogens (tertiary/aromatic N) is 5. The maximum atomic E-state index is 5.33. The third-order valence-corrected chi connectivity index (χ3v) is 11.1. The summed E-state index contributed by atoms with van der Waals surface area (Å²) in [5.41, 5.74) is 7.50. The SMILES string of the molecule is c1ccc(-c2ccc3c(c2)c2ccccc2n3-c2nc(-c3ccc4c(c3)sc3ccccc34)nc(-n3c4ccccc4c4ccccc43)n2)cc1. The van der Waals surface area contributed by atoms with Gasteiger partial charge in [0.1, 0.15) is 0 Å². The summed E-state index contributed by atoms with van der Waals surface area (Å²) < 4.78 is 6.85. The summed E-state index contributed by atoms with van der Waals surface area (Å²) in [6, 6.07) is 57.9. The zero-order valence-electron chi connectivity index (χ0n) is 27.2. The molecule has 0 unspecified atom stereocenters. The molecule has 0 aliphatic carbocycles. The highest BCUT2D eigenvalue weighted by Gasteiger charge is 2.21. The van der Waals surface area contributed by atoms with Crippen LogP contribution in [0.4, 0.5) is 0 Å². The number of benzene rings is 7. The fraction of sp³-hybridized carbons (Fsp3) is 0. The number of para-hydroxylation sites is 3. The van der Waals surface area contributed by atoms with E-state index in [4.69, 9.17) is 15.0 Å². The number of fused-ring (bicyclic) bond motifs is 9. The van der Waals surface area contributed by atoms with E-state index >= 15 is 0 Å². The molecule has 0 aliphatic rings. The molecule has 0 saturated heterocycles. The van der Waals surface area contributed by atoms with Crippen LogP contribution >= 0.6 is 11.3 Å². The summed E-state index contributed by atoms with van der Waals surface area (Å²) in [4.78, 5) is 15.9. The highest BCUT2D eigenvalue weighted by Crippen LogP contribution is 2.38. The first-order chi connectivity index (χ1) is 25.3. The van der Waals surface area contributed by atoms with Crippen LogP contribution in [-0.4, -0.2) is 24.1 Å². The van der Waals surface area contributed by atoms with Crippen molar-refractivity contribution in [1.29, 1.82) is 0 Å². The van der Waals surface area contributed by atoms with Crippen LogP contribution in [0.5, 0.6) is 0 Å². The molecule has 0 saturated carbocycles. The molecule has 51 heavy (non-hydrogen) atoms. The average molecular weight is 670 g/mol. The Balaban J connectivity index is 1.21. The first kappa shape index (κ1) is 28.2. The van der Waals surface area contributed by atoms with Crippen LogP contribution < -0.4 is 0 Å². The standard InChI is InChI=1S/C45H27N5S/c1-2-12-28(13-3-1)29-23-25-40-36(26-29)33-16-6-10-20-39(33)50(40)45-47-43(30-22-24-35-34-17-7-11-21-41(34)51-42(35)27-30)46-44(48-45)49-37-18-8-4-14-31(37)32-15-5-9-19-38(32)49/h1-27H. The summed E-state index contributed by atoms with van der Waals surface area (Å²) >= 11 is 1.80. The van der Waals surface area contributed by atoms with Crippen molar-refractivity contribution in [3.8, 4) is 34.4 Å². The number of hydrogen-bond donors (Lipinski definition) is 0. The summed E-state index contributed by atoms with van der Waals surface area (Å²) in [7, 11) is 0. The van der Waals surface area contributed by atoms with E-state index in [9.17, 15) is 0 Å². The highest BCUT2D eigenvalue weighted by molar-refractivity contribution is 7.25. The van der Waals surface area contributed by atoms with Crippen LogP contribution in [0.1, 0.15) is 0 Å². The van der Waals surface area contributed by atoms with Crippen molar-refractivity contribution < 1.29 is 0 Å². The molecule has 4 aromatic heterocycles. The van der Waals surface area contributed by atoms with Crippen molar-refractivity contribution in [1.82, 2.24) is 24.1 Å². The van der Waals surface area contributed by atoms with Gasteiger partial charge in [-0.2, -0.15) is 15.0 Å². The number of hydrogen-bond acceptors (Lipinski definition) is 4. The second-order valence-corrected chi connectivity index (χ2v) is 14.0. The monoisotopic (exact) mass is 669 g/mol. The predicted molar refractivity (Wildman–Crippen MR) is 212 cm³/mol. The largest absolute Gasteiger partial charge is 0.278 e. The smallest absolute Gasteiger partial charge is 0.240 e. The average Bonchev–Trinajstić information content (AvgIpc) is 3.85. The fourth-order valence-electron chi connectivity index (χ4n) is 7.68. The Morgan fingerprint density at radius 1 is 0.333 bits per heavy atom. The van der Waals surface area contributed by atoms with Gasteiger partial charge in [-0.15, -0.1) is 11.3 Å². The van der Waals surface area contributed by atoms with Crippen molar-refractivity contribution in [2.75, 3.05) is 0 Å². The van der Waals surface area contributed by atoms with Crippen LogP contribution in [-0.2, 0) is 0 Å². The molecule has 0 fully saturated rings. The quantitative estimate of drug-likeness (QED) is 0.187. The topological polar surface area (TPSA) is 48.5 Å². The first-order valence-corrected chi connectivity index (χ1v) is 17.9. The summed E-state index contributed by atoms with van der Waals surface area (Å²) in [5, 5.41) is 7.14. The molecule has 0 atom stereocenters. The molecule has 0 N–H and O–H groups in total. The molecule has 0 amide bonds. The van der Waals surface area contributed by atoms with E-state index in [-0.39, 0.29) is 0 Å². The van der Waals surface area contributed by atoms with Crippen molar-refractivity contribution in [3.63, 3.8) is 0 Å². The lowest BCUT2D eigenvalue weighted by atomic mass is 10.0. The van der Waals surface area contributed by atoms with Gasteiger partial charge in [0.15, 0.2) is 5.82 Å². The molecule has 11 rings (SSSR count). The Morgan fingerprint density at radius 2 is 0.843 bits per heavy atom. The van der Waals surface area contributed by atoms with Gasteiger partial charge in [-0.1, -0.05) is 121 Å². The Bertz CT molecular complexity index is 3100. The molecule has 6 heteroatoms. The Kier molecular flexibility index (Phi) is 6.05. The van der Waals surface area contributed by atoms with Gasteiger partial charge < -0.3 is 0 Å². The Labute approximate surface area is 296 Å². The predicted octanol–water partition coefficient (Wildman–Crippen LogP) is 11.8. The van der Waals surface area contributed by atoms with Gasteiger partial charge in [0.05, 0.1) is 22.1 Å². The zero-order valence-corrected chi connectivity index (χ0v) is 28.0. The third-order valence-electron chi connectivity index (χ3n) is 10.0. The molecule has 238 valence electrons. The lowest BCUT2D eigenvalue weighted by Crippen LogP contribution is -2.10. The maximum Gasteiger partial charge on any atom is 0.240 e. The van der Waals surface area contributed by atoms with E-state index in [1.807, 2.05) is 0 Å². The lowest BCUT2D eigenvalue weighted by Gasteiger charge is -2.13. The maximum absolute atomic E-state index is 5.33. The molecule has 4 heterocycles. The number of thiophene rings is 1. The molecule has 0 bridgehead atoms. The van der Waals surface area contributed by atoms with E-state index in [1.165, 1.54) is 31.3 Å². The minimum atomic E-state index is 0.576. The van der Waals surface area contributed by atoms with Crippen LogP contribution in [0.3, 0.4) is 0 Å². The van der Waals surface area contributed by atoms with E-state index in [2.05, 4.69) is 173 Å². The normalized spacial score (nSPS) is 11.9. The van der Waals surface area contributed by atoms with Crippen molar-refractivity contribution >= 4 is 75.1 Å². The van der Waals surface area contributed by atoms with Crippen LogP contribution in [0.15, 0.2) is 164 Å². The van der Waals surface area contributed by atoms with Gasteiger partial charge in [-0.3, -0.25) is 9.13 Å². The second kappa shape index (κ2) is 10.9. The van der Waals surface area contributed by atoms with Crippen LogP contribution in [0.2, 0.25) is 0 Å². The van der Waals surface area contributed by atoms with E-state index in [1.54, 1.807) is 11.3 Å². The first-order valence-electron chi connectivity index (χ1n) is 17.0. The molecule has 11 aromatic rings. The van der Waals surface area contributed by atoms with Crippen LogP contribution in [0.25, 0.3) is 98.2 Å². The molecular weight excluding hydrogens is 643 g/mol. The summed E-state index contributed by atoms with van der Waals surface area (Å²) in [6.45, 7) is 0. The minimum Gasteiger partial charge on any atom is -0.278 e. The van der Waals surface area contributed by atoms with Gasteiger partial charge in [0.2, 0.25) is 11.9 Å². The van der Waals surface area contributed by atoms with E-state index in [0.717, 1.165) is 49.2 Å². The second-order valence-electron chi connectivity index (χ2n) is 12.9. The lowest BCUT2D eigenvalue weighted by molar-refractivity contribution is 0.893. The van der Waals surface area contributed by atoms with Crippen LogP contribution in [0, 0.1) is 0 Å². The summed E-state index contributed by atoms with van der Waals surface area (Å²) in [5.74, 6) is 1.78. The van der Waals surface area contributed by atoms with Crippen molar-refractivity contribution in [2.24, 2.45) is 0 Å². The number of aromatic nitrogens is 5. The molecule has 0 radical (unpaired) electrons. The molecule has 7 aromatic carbocycles. The van der Waals surface area contributed by atoms with E-state index < -0.39 is 0 Å². The molecule has 5 nitrogen and oxygen atoms in total.